The molecular weight excluding hydrogens is 414 g/mol. The predicted molar refractivity (Wildman–Crippen MR) is 122 cm³/mol. The summed E-state index contributed by atoms with van der Waals surface area (Å²) in [5, 5.41) is 15.9. The first-order chi connectivity index (χ1) is 14.5. The maximum absolute atomic E-state index is 12.3. The van der Waals surface area contributed by atoms with Crippen LogP contribution in [0, 0.1) is 18.3 Å². The van der Waals surface area contributed by atoms with Crippen LogP contribution in [-0.2, 0) is 16.1 Å². The molecule has 0 fully saturated rings. The van der Waals surface area contributed by atoms with Gasteiger partial charge in [0.05, 0.1) is 22.4 Å². The first kappa shape index (κ1) is 22.0. The fraction of sp³-hybridized carbons (Fsp3) is 0.261. The molecule has 1 heterocycles. The van der Waals surface area contributed by atoms with Crippen LogP contribution in [0.1, 0.15) is 29.0 Å². The number of nitrogens with one attached hydrogen (secondary N) is 2. The molecule has 30 heavy (non-hydrogen) atoms. The third-order valence-electron chi connectivity index (χ3n) is 4.83. The zero-order chi connectivity index (χ0) is 21.5. The Hall–Kier alpha value is -2.69. The average molecular weight is 438 g/mol. The predicted octanol–water partition coefficient (Wildman–Crippen LogP) is 4.11. The number of rotatable bonds is 7. The molecule has 0 aromatic heterocycles. The van der Waals surface area contributed by atoms with Crippen molar-refractivity contribution in [1.82, 2.24) is 10.6 Å². The molecule has 0 saturated heterocycles. The quantitative estimate of drug-likeness (QED) is 0.637. The van der Waals surface area contributed by atoms with Crippen molar-refractivity contribution in [2.45, 2.75) is 30.7 Å². The van der Waals surface area contributed by atoms with E-state index in [9.17, 15) is 14.9 Å². The van der Waals surface area contributed by atoms with Crippen molar-refractivity contribution < 1.29 is 9.59 Å². The number of thioether (sulfide) groups is 2. The van der Waals surface area contributed by atoms with Crippen LogP contribution in [-0.4, -0.2) is 23.8 Å². The van der Waals surface area contributed by atoms with Crippen LogP contribution < -0.4 is 10.6 Å². The van der Waals surface area contributed by atoms with Crippen LogP contribution in [0.3, 0.4) is 0 Å². The van der Waals surface area contributed by atoms with Gasteiger partial charge in [0.25, 0.3) is 0 Å². The van der Waals surface area contributed by atoms with Gasteiger partial charge in [0.1, 0.15) is 0 Å². The number of carbonyl (C=O) groups is 2. The van der Waals surface area contributed by atoms with Gasteiger partial charge in [-0.2, -0.15) is 5.26 Å². The summed E-state index contributed by atoms with van der Waals surface area (Å²) in [6.45, 7) is 2.46. The molecule has 5 nitrogen and oxygen atoms in total. The van der Waals surface area contributed by atoms with Crippen LogP contribution in [0.2, 0.25) is 0 Å². The maximum Gasteiger partial charge on any atom is 0.230 e. The van der Waals surface area contributed by atoms with E-state index in [1.807, 2.05) is 61.7 Å². The lowest BCUT2D eigenvalue weighted by molar-refractivity contribution is -0.121. The molecule has 2 aromatic carbocycles. The Morgan fingerprint density at radius 1 is 1.20 bits per heavy atom. The molecule has 1 atom stereocenters. The van der Waals surface area contributed by atoms with E-state index < -0.39 is 0 Å². The number of hydrogen-bond donors (Lipinski definition) is 2. The van der Waals surface area contributed by atoms with Gasteiger partial charge in [-0.15, -0.1) is 11.8 Å². The van der Waals surface area contributed by atoms with Crippen molar-refractivity contribution in [1.29, 1.82) is 5.26 Å². The number of nitrogens with zero attached hydrogens (tertiary/aromatic N) is 1. The molecule has 7 heteroatoms. The summed E-state index contributed by atoms with van der Waals surface area (Å²) < 4.78 is 0. The molecule has 2 aromatic rings. The van der Waals surface area contributed by atoms with Gasteiger partial charge < -0.3 is 10.6 Å². The number of allylic oxidation sites excluding steroid dienone is 1. The lowest BCUT2D eigenvalue weighted by atomic mass is 9.87. The van der Waals surface area contributed by atoms with Crippen molar-refractivity contribution >= 4 is 35.3 Å². The highest BCUT2D eigenvalue weighted by molar-refractivity contribution is 8.03. The molecule has 154 valence electrons. The van der Waals surface area contributed by atoms with Gasteiger partial charge >= 0.3 is 0 Å². The first-order valence-electron chi connectivity index (χ1n) is 9.53. The standard InChI is InChI=1S/C23H23N3O2S2/c1-15-3-5-16(6-4-15)13-25-22(28)14-30-23-20(12-24)19(11-21(27)26-23)17-7-9-18(29-2)10-8-17/h3-10,19H,11,13-14H2,1-2H3,(H,25,28)(H,26,27)/t19-/m1/s1. The Balaban J connectivity index is 1.66. The van der Waals surface area contributed by atoms with Gasteiger partial charge in [0.2, 0.25) is 11.8 Å². The second kappa shape index (κ2) is 10.4. The van der Waals surface area contributed by atoms with Gasteiger partial charge in [-0.05, 0) is 36.4 Å². The van der Waals surface area contributed by atoms with Gasteiger partial charge in [0.15, 0.2) is 0 Å². The molecule has 0 bridgehead atoms. The first-order valence-corrected chi connectivity index (χ1v) is 11.7. The van der Waals surface area contributed by atoms with Gasteiger partial charge in [0, 0.05) is 23.8 Å². The molecule has 0 radical (unpaired) electrons. The average Bonchev–Trinajstić information content (AvgIpc) is 2.77. The summed E-state index contributed by atoms with van der Waals surface area (Å²) in [5.74, 6) is -0.454. The second-order valence-corrected chi connectivity index (χ2v) is 8.85. The van der Waals surface area contributed by atoms with Crippen LogP contribution >= 0.6 is 23.5 Å². The third kappa shape index (κ3) is 5.68. The summed E-state index contributed by atoms with van der Waals surface area (Å²) in [4.78, 5) is 25.7. The highest BCUT2D eigenvalue weighted by atomic mass is 32.2. The number of aryl methyl sites for hydroxylation is 1. The summed E-state index contributed by atoms with van der Waals surface area (Å²) >= 11 is 2.84. The summed E-state index contributed by atoms with van der Waals surface area (Å²) in [7, 11) is 0. The third-order valence-corrected chi connectivity index (χ3v) is 6.59. The zero-order valence-corrected chi connectivity index (χ0v) is 18.5. The number of amides is 2. The Morgan fingerprint density at radius 2 is 1.90 bits per heavy atom. The number of carbonyl (C=O) groups excluding carboxylic acids is 2. The maximum atomic E-state index is 12.3. The van der Waals surface area contributed by atoms with Gasteiger partial charge in [-0.3, -0.25) is 9.59 Å². The van der Waals surface area contributed by atoms with Crippen LogP contribution in [0.5, 0.6) is 0 Å². The van der Waals surface area contributed by atoms with Crippen molar-refractivity contribution in [2.24, 2.45) is 0 Å². The van der Waals surface area contributed by atoms with Crippen LogP contribution in [0.15, 0.2) is 64.0 Å². The molecule has 1 aliphatic rings. The van der Waals surface area contributed by atoms with E-state index in [1.54, 1.807) is 11.8 Å². The van der Waals surface area contributed by atoms with Crippen LogP contribution in [0.25, 0.3) is 0 Å². The topological polar surface area (TPSA) is 82.0 Å². The largest absolute Gasteiger partial charge is 0.351 e. The van der Waals surface area contributed by atoms with Crippen molar-refractivity contribution in [2.75, 3.05) is 12.0 Å². The highest BCUT2D eigenvalue weighted by Gasteiger charge is 2.29. The number of nitriles is 1. The van der Waals surface area contributed by atoms with E-state index in [2.05, 4.69) is 16.7 Å². The van der Waals surface area contributed by atoms with E-state index >= 15 is 0 Å². The fourth-order valence-corrected chi connectivity index (χ4v) is 4.46. The Kier molecular flexibility index (Phi) is 7.61. The molecule has 2 N–H and O–H groups in total. The van der Waals surface area contributed by atoms with E-state index in [4.69, 9.17) is 0 Å². The number of hydrogen-bond acceptors (Lipinski definition) is 5. The molecule has 0 aliphatic carbocycles. The smallest absolute Gasteiger partial charge is 0.230 e. The van der Waals surface area contributed by atoms with E-state index in [1.165, 1.54) is 17.3 Å². The zero-order valence-electron chi connectivity index (χ0n) is 16.9. The molecule has 0 unspecified atom stereocenters. The SMILES string of the molecule is CSc1ccc([C@H]2CC(=O)NC(SCC(=O)NCc3ccc(C)cc3)=C2C#N)cc1. The van der Waals surface area contributed by atoms with E-state index in [0.717, 1.165) is 16.0 Å². The van der Waals surface area contributed by atoms with Gasteiger partial charge in [-0.25, -0.2) is 0 Å². The van der Waals surface area contributed by atoms with Gasteiger partial charge in [-0.1, -0.05) is 53.7 Å². The normalized spacial score (nSPS) is 16.0. The second-order valence-electron chi connectivity index (χ2n) is 6.98. The molecule has 2 amide bonds. The Bertz CT molecular complexity index is 993. The minimum atomic E-state index is -0.294. The minimum Gasteiger partial charge on any atom is -0.351 e. The van der Waals surface area contributed by atoms with Crippen molar-refractivity contribution in [3.05, 3.63) is 75.8 Å². The molecule has 3 rings (SSSR count). The molecule has 1 aliphatic heterocycles. The summed E-state index contributed by atoms with van der Waals surface area (Å²) in [6.07, 6.45) is 2.23. The minimum absolute atomic E-state index is 0.130. The molecule has 0 saturated carbocycles. The van der Waals surface area contributed by atoms with E-state index in [-0.39, 0.29) is 29.9 Å². The van der Waals surface area contributed by atoms with Crippen molar-refractivity contribution in [3.63, 3.8) is 0 Å². The highest BCUT2D eigenvalue weighted by Crippen LogP contribution is 2.36. The Morgan fingerprint density at radius 3 is 2.53 bits per heavy atom. The van der Waals surface area contributed by atoms with Crippen molar-refractivity contribution in [3.8, 4) is 6.07 Å². The Labute approximate surface area is 185 Å². The lowest BCUT2D eigenvalue weighted by Crippen LogP contribution is -2.32. The summed E-state index contributed by atoms with van der Waals surface area (Å²) in [6, 6.07) is 18.1. The van der Waals surface area contributed by atoms with E-state index in [0.29, 0.717) is 17.1 Å². The van der Waals surface area contributed by atoms with Crippen LogP contribution in [0.4, 0.5) is 0 Å². The monoisotopic (exact) mass is 437 g/mol. The molecule has 0 spiro atoms. The fourth-order valence-electron chi connectivity index (χ4n) is 3.15. The molecular formula is C23H23N3O2S2. The lowest BCUT2D eigenvalue weighted by Gasteiger charge is -2.25. The number of benzene rings is 2. The summed E-state index contributed by atoms with van der Waals surface area (Å²) in [5.41, 5.74) is 3.63.